The van der Waals surface area contributed by atoms with Crippen LogP contribution in [0.15, 0.2) is 16.6 Å². The third kappa shape index (κ3) is 2.52. The SMILES string of the molecule is CC(=O)Oc1cc(Br)cc(F)c1CN. The number of hydrogen-bond acceptors (Lipinski definition) is 3. The molecule has 0 aromatic heterocycles. The number of nitrogens with two attached hydrogens (primary N) is 1. The molecular weight excluding hydrogens is 253 g/mol. The summed E-state index contributed by atoms with van der Waals surface area (Å²) in [5.41, 5.74) is 5.53. The van der Waals surface area contributed by atoms with Crippen LogP contribution in [0.1, 0.15) is 12.5 Å². The minimum absolute atomic E-state index is 0.0122. The largest absolute Gasteiger partial charge is 0.426 e. The Bertz CT molecular complexity index is 368. The number of carbonyl (C=O) groups excluding carboxylic acids is 1. The summed E-state index contributed by atoms with van der Waals surface area (Å²) in [7, 11) is 0. The van der Waals surface area contributed by atoms with E-state index in [2.05, 4.69) is 15.9 Å². The number of ether oxygens (including phenoxy) is 1. The fourth-order valence-electron chi connectivity index (χ4n) is 1.02. The van der Waals surface area contributed by atoms with E-state index >= 15 is 0 Å². The zero-order valence-electron chi connectivity index (χ0n) is 7.51. The first-order chi connectivity index (χ1) is 6.54. The van der Waals surface area contributed by atoms with Gasteiger partial charge in [-0.2, -0.15) is 0 Å². The van der Waals surface area contributed by atoms with Crippen LogP contribution in [0, 0.1) is 5.82 Å². The highest BCUT2D eigenvalue weighted by molar-refractivity contribution is 9.10. The van der Waals surface area contributed by atoms with Gasteiger partial charge in [-0.15, -0.1) is 0 Å². The summed E-state index contributed by atoms with van der Waals surface area (Å²) >= 11 is 3.09. The van der Waals surface area contributed by atoms with Crippen molar-refractivity contribution in [2.75, 3.05) is 0 Å². The normalized spacial score (nSPS) is 10.0. The van der Waals surface area contributed by atoms with Crippen molar-refractivity contribution < 1.29 is 13.9 Å². The molecule has 0 aliphatic carbocycles. The molecule has 0 aliphatic rings. The van der Waals surface area contributed by atoms with Gasteiger partial charge >= 0.3 is 5.97 Å². The summed E-state index contributed by atoms with van der Waals surface area (Å²) in [4.78, 5) is 10.7. The smallest absolute Gasteiger partial charge is 0.308 e. The van der Waals surface area contributed by atoms with Gasteiger partial charge in [0, 0.05) is 23.5 Å². The highest BCUT2D eigenvalue weighted by atomic mass is 79.9. The van der Waals surface area contributed by atoms with Crippen molar-refractivity contribution in [1.29, 1.82) is 0 Å². The molecule has 0 spiro atoms. The van der Waals surface area contributed by atoms with Crippen LogP contribution in [-0.4, -0.2) is 5.97 Å². The monoisotopic (exact) mass is 261 g/mol. The van der Waals surface area contributed by atoms with Gasteiger partial charge in [-0.1, -0.05) is 15.9 Å². The van der Waals surface area contributed by atoms with E-state index in [-0.39, 0.29) is 17.9 Å². The van der Waals surface area contributed by atoms with Crippen molar-refractivity contribution in [3.05, 3.63) is 28.0 Å². The number of esters is 1. The van der Waals surface area contributed by atoms with E-state index in [4.69, 9.17) is 10.5 Å². The highest BCUT2D eigenvalue weighted by Crippen LogP contribution is 2.26. The molecule has 76 valence electrons. The molecule has 1 aromatic carbocycles. The fraction of sp³-hybridized carbons (Fsp3) is 0.222. The van der Waals surface area contributed by atoms with Crippen LogP contribution in [0.3, 0.4) is 0 Å². The Morgan fingerprint density at radius 1 is 1.64 bits per heavy atom. The van der Waals surface area contributed by atoms with Gasteiger partial charge in [0.05, 0.1) is 0 Å². The number of carbonyl (C=O) groups is 1. The number of rotatable bonds is 2. The van der Waals surface area contributed by atoms with Crippen molar-refractivity contribution in [2.45, 2.75) is 13.5 Å². The molecule has 1 rings (SSSR count). The summed E-state index contributed by atoms with van der Waals surface area (Å²) in [6, 6.07) is 2.78. The molecule has 0 aliphatic heterocycles. The Hall–Kier alpha value is -0.940. The van der Waals surface area contributed by atoms with Crippen molar-refractivity contribution in [3.63, 3.8) is 0 Å². The molecule has 14 heavy (non-hydrogen) atoms. The van der Waals surface area contributed by atoms with Gasteiger partial charge in [0.25, 0.3) is 0 Å². The Morgan fingerprint density at radius 3 is 2.79 bits per heavy atom. The van der Waals surface area contributed by atoms with E-state index in [1.165, 1.54) is 19.1 Å². The lowest BCUT2D eigenvalue weighted by Crippen LogP contribution is -2.08. The zero-order chi connectivity index (χ0) is 10.7. The van der Waals surface area contributed by atoms with Gasteiger partial charge in [0.2, 0.25) is 0 Å². The van der Waals surface area contributed by atoms with Crippen LogP contribution in [0.5, 0.6) is 5.75 Å². The molecule has 0 fully saturated rings. The Morgan fingerprint density at radius 2 is 2.29 bits per heavy atom. The van der Waals surface area contributed by atoms with Crippen LogP contribution >= 0.6 is 15.9 Å². The molecule has 0 atom stereocenters. The molecule has 0 radical (unpaired) electrons. The third-order valence-electron chi connectivity index (χ3n) is 1.58. The molecule has 0 amide bonds. The second-order valence-corrected chi connectivity index (χ2v) is 3.58. The highest BCUT2D eigenvalue weighted by Gasteiger charge is 2.11. The van der Waals surface area contributed by atoms with Gasteiger partial charge < -0.3 is 10.5 Å². The summed E-state index contributed by atoms with van der Waals surface area (Å²) in [5.74, 6) is -0.831. The first-order valence-corrected chi connectivity index (χ1v) is 4.70. The first kappa shape index (κ1) is 11.1. The average molecular weight is 262 g/mol. The Labute approximate surface area is 89.2 Å². The summed E-state index contributed by atoms with van der Waals surface area (Å²) < 4.78 is 18.6. The van der Waals surface area contributed by atoms with Crippen LogP contribution in [0.4, 0.5) is 4.39 Å². The minimum Gasteiger partial charge on any atom is -0.426 e. The summed E-state index contributed by atoms with van der Waals surface area (Å²) in [5, 5.41) is 0. The van der Waals surface area contributed by atoms with Crippen LogP contribution in [0.2, 0.25) is 0 Å². The minimum atomic E-state index is -0.503. The molecule has 1 aromatic rings. The molecule has 3 nitrogen and oxygen atoms in total. The summed E-state index contributed by atoms with van der Waals surface area (Å²) in [6.07, 6.45) is 0. The zero-order valence-corrected chi connectivity index (χ0v) is 9.10. The van der Waals surface area contributed by atoms with E-state index in [0.29, 0.717) is 4.47 Å². The van der Waals surface area contributed by atoms with Gasteiger partial charge in [-0.3, -0.25) is 4.79 Å². The van der Waals surface area contributed by atoms with E-state index < -0.39 is 11.8 Å². The molecule has 2 N–H and O–H groups in total. The summed E-state index contributed by atoms with van der Waals surface area (Å²) in [6.45, 7) is 1.24. The maximum absolute atomic E-state index is 13.3. The lowest BCUT2D eigenvalue weighted by atomic mass is 10.2. The lowest BCUT2D eigenvalue weighted by Gasteiger charge is -2.08. The lowest BCUT2D eigenvalue weighted by molar-refractivity contribution is -0.131. The molecule has 0 unspecified atom stereocenters. The van der Waals surface area contributed by atoms with Gasteiger partial charge in [0.1, 0.15) is 11.6 Å². The predicted octanol–water partition coefficient (Wildman–Crippen LogP) is 1.97. The molecule has 0 heterocycles. The van der Waals surface area contributed by atoms with Gasteiger partial charge in [-0.25, -0.2) is 4.39 Å². The molecule has 0 bridgehead atoms. The molecule has 0 saturated carbocycles. The third-order valence-corrected chi connectivity index (χ3v) is 2.03. The molecule has 0 saturated heterocycles. The maximum Gasteiger partial charge on any atom is 0.308 e. The van der Waals surface area contributed by atoms with E-state index in [1.54, 1.807) is 0 Å². The topological polar surface area (TPSA) is 52.3 Å². The average Bonchev–Trinajstić information content (AvgIpc) is 2.01. The Kier molecular flexibility index (Phi) is 3.60. The van der Waals surface area contributed by atoms with Crippen molar-refractivity contribution >= 4 is 21.9 Å². The van der Waals surface area contributed by atoms with E-state index in [1.807, 2.05) is 0 Å². The quantitative estimate of drug-likeness (QED) is 0.654. The maximum atomic E-state index is 13.3. The van der Waals surface area contributed by atoms with Crippen molar-refractivity contribution in [2.24, 2.45) is 5.73 Å². The predicted molar refractivity (Wildman–Crippen MR) is 53.3 cm³/mol. The fourth-order valence-corrected chi connectivity index (χ4v) is 1.43. The number of benzene rings is 1. The molecule has 5 heteroatoms. The van der Waals surface area contributed by atoms with E-state index in [0.717, 1.165) is 0 Å². The Balaban J connectivity index is 3.17. The van der Waals surface area contributed by atoms with Crippen LogP contribution < -0.4 is 10.5 Å². The van der Waals surface area contributed by atoms with Crippen LogP contribution in [-0.2, 0) is 11.3 Å². The van der Waals surface area contributed by atoms with Gasteiger partial charge in [-0.05, 0) is 12.1 Å². The standard InChI is InChI=1S/C9H9BrFNO2/c1-5(13)14-9-3-6(10)2-8(11)7(9)4-12/h2-3H,4,12H2,1H3. The number of hydrogen-bond donors (Lipinski definition) is 1. The van der Waals surface area contributed by atoms with E-state index in [9.17, 15) is 9.18 Å². The van der Waals surface area contributed by atoms with Crippen LogP contribution in [0.25, 0.3) is 0 Å². The number of halogens is 2. The van der Waals surface area contributed by atoms with Crippen molar-refractivity contribution in [3.8, 4) is 5.75 Å². The second kappa shape index (κ2) is 4.52. The second-order valence-electron chi connectivity index (χ2n) is 2.66. The van der Waals surface area contributed by atoms with Gasteiger partial charge in [0.15, 0.2) is 0 Å². The molecular formula is C9H9BrFNO2. The first-order valence-electron chi connectivity index (χ1n) is 3.91. The van der Waals surface area contributed by atoms with Crippen molar-refractivity contribution in [1.82, 2.24) is 0 Å².